The topological polar surface area (TPSA) is 71.9 Å². The summed E-state index contributed by atoms with van der Waals surface area (Å²) in [6.07, 6.45) is 0.422. The predicted octanol–water partition coefficient (Wildman–Crippen LogP) is 4.71. The first-order chi connectivity index (χ1) is 14.3. The molecule has 0 amide bonds. The van der Waals surface area contributed by atoms with E-state index >= 15 is 0 Å². The molecule has 1 aliphatic rings. The molecule has 156 valence electrons. The minimum Gasteiger partial charge on any atom is -0.497 e. The van der Waals surface area contributed by atoms with E-state index in [1.807, 2.05) is 49.4 Å². The quantitative estimate of drug-likeness (QED) is 0.535. The van der Waals surface area contributed by atoms with Gasteiger partial charge in [-0.1, -0.05) is 41.4 Å². The van der Waals surface area contributed by atoms with Crippen LogP contribution in [0.2, 0.25) is 5.15 Å². The summed E-state index contributed by atoms with van der Waals surface area (Å²) in [6.45, 7) is 3.62. The van der Waals surface area contributed by atoms with Crippen LogP contribution in [0.15, 0.2) is 53.6 Å². The number of hydrogen-bond donors (Lipinski definition) is 0. The molecule has 0 saturated carbocycles. The van der Waals surface area contributed by atoms with Crippen molar-refractivity contribution >= 4 is 38.2 Å². The molecule has 1 unspecified atom stereocenters. The van der Waals surface area contributed by atoms with E-state index in [0.29, 0.717) is 29.0 Å². The van der Waals surface area contributed by atoms with Crippen LogP contribution in [0.4, 0.5) is 0 Å². The van der Waals surface area contributed by atoms with Gasteiger partial charge in [0.15, 0.2) is 0 Å². The minimum absolute atomic E-state index is 0.0516. The first-order valence-electron chi connectivity index (χ1n) is 9.63. The second-order valence-electron chi connectivity index (χ2n) is 7.23. The monoisotopic (exact) mass is 443 g/mol. The van der Waals surface area contributed by atoms with Gasteiger partial charge in [-0.05, 0) is 37.6 Å². The Bertz CT molecular complexity index is 1240. The van der Waals surface area contributed by atoms with Crippen molar-refractivity contribution in [3.63, 3.8) is 0 Å². The van der Waals surface area contributed by atoms with Crippen LogP contribution < -0.4 is 4.74 Å². The Morgan fingerprint density at radius 2 is 1.90 bits per heavy atom. The van der Waals surface area contributed by atoms with Crippen LogP contribution in [0.3, 0.4) is 0 Å². The molecule has 2 heterocycles. The van der Waals surface area contributed by atoms with Gasteiger partial charge in [0.25, 0.3) is 0 Å². The summed E-state index contributed by atoms with van der Waals surface area (Å²) in [5.41, 5.74) is 4.06. The van der Waals surface area contributed by atoms with Crippen LogP contribution in [0, 0.1) is 6.92 Å². The summed E-state index contributed by atoms with van der Waals surface area (Å²) in [7, 11) is -2.00. The molecule has 1 aromatic heterocycles. The molecule has 0 saturated heterocycles. The van der Waals surface area contributed by atoms with Crippen LogP contribution in [0.25, 0.3) is 10.9 Å². The Kier molecular flexibility index (Phi) is 5.42. The Morgan fingerprint density at radius 1 is 1.17 bits per heavy atom. The Balaban J connectivity index is 1.80. The molecule has 4 rings (SSSR count). The molecule has 0 aliphatic carbocycles. The Morgan fingerprint density at radius 3 is 2.57 bits per heavy atom. The Hall–Kier alpha value is -2.64. The zero-order valence-electron chi connectivity index (χ0n) is 17.0. The van der Waals surface area contributed by atoms with Crippen molar-refractivity contribution in [2.45, 2.75) is 26.3 Å². The standard InChI is InChI=1S/C22H22ClN3O3S/c1-4-30(27,28)26-21(13-20(25-26)15-7-5-14(2)6-8-15)18-11-16-9-10-17(29-3)12-19(16)24-22(18)23/h5-12,21H,4,13H2,1-3H3. The minimum atomic E-state index is -3.59. The van der Waals surface area contributed by atoms with E-state index in [1.54, 1.807) is 20.1 Å². The number of hydrogen-bond acceptors (Lipinski definition) is 5. The van der Waals surface area contributed by atoms with Crippen molar-refractivity contribution in [2.24, 2.45) is 5.10 Å². The second kappa shape index (κ2) is 7.89. The molecule has 3 aromatic rings. The summed E-state index contributed by atoms with van der Waals surface area (Å²) in [5, 5.41) is 5.61. The fourth-order valence-electron chi connectivity index (χ4n) is 3.53. The van der Waals surface area contributed by atoms with E-state index in [-0.39, 0.29) is 10.9 Å². The maximum Gasteiger partial charge on any atom is 0.250 e. The smallest absolute Gasteiger partial charge is 0.250 e. The zero-order chi connectivity index (χ0) is 21.5. The van der Waals surface area contributed by atoms with Gasteiger partial charge in [-0.15, -0.1) is 0 Å². The molecule has 0 N–H and O–H groups in total. The van der Waals surface area contributed by atoms with E-state index in [0.717, 1.165) is 16.5 Å². The average Bonchev–Trinajstić information content (AvgIpc) is 3.19. The highest BCUT2D eigenvalue weighted by atomic mass is 35.5. The lowest BCUT2D eigenvalue weighted by molar-refractivity contribution is 0.372. The SMILES string of the molecule is CCS(=O)(=O)N1N=C(c2ccc(C)cc2)CC1c1cc2ccc(OC)cc2nc1Cl. The maximum atomic E-state index is 12.8. The number of hydrazone groups is 1. The van der Waals surface area contributed by atoms with Crippen LogP contribution in [-0.2, 0) is 10.0 Å². The van der Waals surface area contributed by atoms with E-state index in [1.165, 1.54) is 4.41 Å². The second-order valence-corrected chi connectivity index (χ2v) is 9.71. The molecule has 0 radical (unpaired) electrons. The molecule has 1 aliphatic heterocycles. The number of sulfonamides is 1. The molecule has 8 heteroatoms. The van der Waals surface area contributed by atoms with E-state index in [9.17, 15) is 8.42 Å². The third-order valence-electron chi connectivity index (χ3n) is 5.27. The Labute approximate surface area is 181 Å². The highest BCUT2D eigenvalue weighted by molar-refractivity contribution is 7.89. The van der Waals surface area contributed by atoms with Crippen molar-refractivity contribution < 1.29 is 13.2 Å². The lowest BCUT2D eigenvalue weighted by Crippen LogP contribution is -2.28. The lowest BCUT2D eigenvalue weighted by Gasteiger charge is -2.23. The van der Waals surface area contributed by atoms with Gasteiger partial charge < -0.3 is 4.74 Å². The van der Waals surface area contributed by atoms with Crippen molar-refractivity contribution in [2.75, 3.05) is 12.9 Å². The number of pyridine rings is 1. The molecule has 1 atom stereocenters. The number of halogens is 1. The van der Waals surface area contributed by atoms with Gasteiger partial charge in [-0.2, -0.15) is 9.52 Å². The van der Waals surface area contributed by atoms with Crippen LogP contribution in [0.1, 0.15) is 36.1 Å². The first-order valence-corrected chi connectivity index (χ1v) is 11.6. The van der Waals surface area contributed by atoms with E-state index in [4.69, 9.17) is 16.3 Å². The largest absolute Gasteiger partial charge is 0.497 e. The zero-order valence-corrected chi connectivity index (χ0v) is 18.5. The molecular formula is C22H22ClN3O3S. The van der Waals surface area contributed by atoms with Crippen molar-refractivity contribution in [1.82, 2.24) is 9.40 Å². The van der Waals surface area contributed by atoms with Gasteiger partial charge in [-0.25, -0.2) is 13.4 Å². The molecule has 0 spiro atoms. The molecule has 0 fully saturated rings. The highest BCUT2D eigenvalue weighted by Gasteiger charge is 2.37. The summed E-state index contributed by atoms with van der Waals surface area (Å²) in [4.78, 5) is 4.49. The van der Waals surface area contributed by atoms with Crippen LogP contribution in [-0.4, -0.2) is 36.4 Å². The number of benzene rings is 2. The first kappa shape index (κ1) is 20.6. The van der Waals surface area contributed by atoms with Gasteiger partial charge in [0.2, 0.25) is 10.0 Å². The summed E-state index contributed by atoms with van der Waals surface area (Å²) in [6, 6.07) is 14.8. The van der Waals surface area contributed by atoms with Crippen LogP contribution >= 0.6 is 11.6 Å². The number of aryl methyl sites for hydroxylation is 1. The average molecular weight is 444 g/mol. The summed E-state index contributed by atoms with van der Waals surface area (Å²) in [5.74, 6) is 0.629. The molecular weight excluding hydrogens is 422 g/mol. The fourth-order valence-corrected chi connectivity index (χ4v) is 4.86. The third kappa shape index (κ3) is 3.75. The van der Waals surface area contributed by atoms with Gasteiger partial charge in [0.1, 0.15) is 10.9 Å². The third-order valence-corrected chi connectivity index (χ3v) is 7.21. The van der Waals surface area contributed by atoms with Crippen molar-refractivity contribution in [1.29, 1.82) is 0 Å². The van der Waals surface area contributed by atoms with E-state index < -0.39 is 16.1 Å². The summed E-state index contributed by atoms with van der Waals surface area (Å²) < 4.78 is 32.1. The highest BCUT2D eigenvalue weighted by Crippen LogP contribution is 2.39. The lowest BCUT2D eigenvalue weighted by atomic mass is 9.98. The van der Waals surface area contributed by atoms with E-state index in [2.05, 4.69) is 10.1 Å². The van der Waals surface area contributed by atoms with Gasteiger partial charge in [0.05, 0.1) is 30.1 Å². The molecule has 2 aromatic carbocycles. The van der Waals surface area contributed by atoms with Gasteiger partial charge >= 0.3 is 0 Å². The van der Waals surface area contributed by atoms with Crippen molar-refractivity contribution in [3.05, 3.63) is 70.4 Å². The maximum absolute atomic E-state index is 12.8. The molecule has 6 nitrogen and oxygen atoms in total. The fraction of sp³-hybridized carbons (Fsp3) is 0.273. The number of ether oxygens (including phenoxy) is 1. The van der Waals surface area contributed by atoms with Crippen LogP contribution in [0.5, 0.6) is 5.75 Å². The van der Waals surface area contributed by atoms with Gasteiger partial charge in [0, 0.05) is 23.4 Å². The molecule has 30 heavy (non-hydrogen) atoms. The number of aromatic nitrogens is 1. The number of fused-ring (bicyclic) bond motifs is 1. The number of rotatable bonds is 5. The van der Waals surface area contributed by atoms with Gasteiger partial charge in [-0.3, -0.25) is 0 Å². The summed E-state index contributed by atoms with van der Waals surface area (Å²) >= 11 is 6.53. The molecule has 0 bridgehead atoms. The number of methoxy groups -OCH3 is 1. The van der Waals surface area contributed by atoms with Crippen molar-refractivity contribution in [3.8, 4) is 5.75 Å². The predicted molar refractivity (Wildman–Crippen MR) is 120 cm³/mol. The number of nitrogens with zero attached hydrogens (tertiary/aromatic N) is 3. The normalized spacial score (nSPS) is 16.7.